The minimum absolute atomic E-state index is 0.0187. The van der Waals surface area contributed by atoms with Gasteiger partial charge in [-0.15, -0.1) is 0 Å². The second kappa shape index (κ2) is 9.15. The van der Waals surface area contributed by atoms with E-state index < -0.39 is 5.41 Å². The van der Waals surface area contributed by atoms with Crippen LogP contribution in [0.1, 0.15) is 72.4 Å². The third kappa shape index (κ3) is 8.45. The summed E-state index contributed by atoms with van der Waals surface area (Å²) < 4.78 is 13.2. The molecule has 1 rings (SSSR count). The molecule has 0 saturated carbocycles. The highest BCUT2D eigenvalue weighted by Gasteiger charge is 2.23. The van der Waals surface area contributed by atoms with Crippen molar-refractivity contribution in [2.24, 2.45) is 10.8 Å². The number of carbonyl (C=O) groups is 2. The summed E-state index contributed by atoms with van der Waals surface area (Å²) in [4.78, 5) is 24.1. The molecule has 1 aromatic carbocycles. The molecule has 0 aliphatic rings. The Bertz CT molecular complexity index is 598. The SMILES string of the molecule is CC(C)(C)CC(NC(=O)CCCNC(=O)C(C)(C)C)c1ccc(F)cc1. The van der Waals surface area contributed by atoms with Gasteiger partial charge in [-0.25, -0.2) is 4.39 Å². The van der Waals surface area contributed by atoms with E-state index in [1.807, 2.05) is 20.8 Å². The topological polar surface area (TPSA) is 58.2 Å². The molecule has 0 aromatic heterocycles. The van der Waals surface area contributed by atoms with Crippen molar-refractivity contribution in [1.29, 1.82) is 0 Å². The zero-order chi connectivity index (χ0) is 20.0. The van der Waals surface area contributed by atoms with Crippen molar-refractivity contribution >= 4 is 11.8 Å². The van der Waals surface area contributed by atoms with Crippen molar-refractivity contribution in [2.45, 2.75) is 66.8 Å². The molecular weight excluding hydrogens is 331 g/mol. The van der Waals surface area contributed by atoms with Gasteiger partial charge >= 0.3 is 0 Å². The van der Waals surface area contributed by atoms with Crippen LogP contribution in [0, 0.1) is 16.6 Å². The third-order valence-electron chi connectivity index (χ3n) is 3.97. The van der Waals surface area contributed by atoms with Gasteiger partial charge in [-0.05, 0) is 36.0 Å². The lowest BCUT2D eigenvalue weighted by Crippen LogP contribution is -2.36. The molecule has 1 aromatic rings. The lowest BCUT2D eigenvalue weighted by molar-refractivity contribution is -0.128. The minimum atomic E-state index is -0.428. The van der Waals surface area contributed by atoms with E-state index in [4.69, 9.17) is 0 Å². The fourth-order valence-electron chi connectivity index (χ4n) is 2.54. The van der Waals surface area contributed by atoms with Gasteiger partial charge in [-0.2, -0.15) is 0 Å². The molecular formula is C21H33FN2O2. The summed E-state index contributed by atoms with van der Waals surface area (Å²) in [5, 5.41) is 5.90. The van der Waals surface area contributed by atoms with Crippen molar-refractivity contribution in [3.63, 3.8) is 0 Å². The summed E-state index contributed by atoms with van der Waals surface area (Å²) in [5.74, 6) is -0.368. The van der Waals surface area contributed by atoms with E-state index >= 15 is 0 Å². The van der Waals surface area contributed by atoms with Crippen molar-refractivity contribution in [1.82, 2.24) is 10.6 Å². The van der Waals surface area contributed by atoms with E-state index in [9.17, 15) is 14.0 Å². The first kappa shape index (κ1) is 22.1. The van der Waals surface area contributed by atoms with Crippen LogP contribution in [0.15, 0.2) is 24.3 Å². The Morgan fingerprint density at radius 3 is 2.12 bits per heavy atom. The van der Waals surface area contributed by atoms with Crippen LogP contribution in [0.2, 0.25) is 0 Å². The Kier molecular flexibility index (Phi) is 7.79. The van der Waals surface area contributed by atoms with Crippen LogP contribution in [0.4, 0.5) is 4.39 Å². The molecule has 2 N–H and O–H groups in total. The van der Waals surface area contributed by atoms with Crippen LogP contribution in [0.5, 0.6) is 0 Å². The molecule has 0 spiro atoms. The predicted octanol–water partition coefficient (Wildman–Crippen LogP) is 4.36. The molecule has 26 heavy (non-hydrogen) atoms. The van der Waals surface area contributed by atoms with Gasteiger partial charge in [0.1, 0.15) is 5.82 Å². The van der Waals surface area contributed by atoms with Gasteiger partial charge in [0.05, 0.1) is 6.04 Å². The molecule has 1 unspecified atom stereocenters. The minimum Gasteiger partial charge on any atom is -0.356 e. The molecule has 4 nitrogen and oxygen atoms in total. The van der Waals surface area contributed by atoms with Crippen molar-refractivity contribution in [3.05, 3.63) is 35.6 Å². The highest BCUT2D eigenvalue weighted by Crippen LogP contribution is 2.29. The largest absolute Gasteiger partial charge is 0.356 e. The number of nitrogens with one attached hydrogen (secondary N) is 2. The summed E-state index contributed by atoms with van der Waals surface area (Å²) in [5.41, 5.74) is 0.492. The maximum atomic E-state index is 13.2. The standard InChI is InChI=1S/C21H33FN2O2/c1-20(2,3)14-17(15-9-11-16(22)12-10-15)24-18(25)8-7-13-23-19(26)21(4,5)6/h9-12,17H,7-8,13-14H2,1-6H3,(H,23,26)(H,24,25). The Morgan fingerprint density at radius 2 is 1.62 bits per heavy atom. The van der Waals surface area contributed by atoms with E-state index in [-0.39, 0.29) is 29.1 Å². The Hall–Kier alpha value is -1.91. The molecule has 0 saturated heterocycles. The number of rotatable bonds is 7. The lowest BCUT2D eigenvalue weighted by atomic mass is 9.85. The number of halogens is 1. The van der Waals surface area contributed by atoms with Gasteiger partial charge in [0.2, 0.25) is 11.8 Å². The molecule has 1 atom stereocenters. The molecule has 0 aliphatic heterocycles. The van der Waals surface area contributed by atoms with Crippen LogP contribution in [-0.2, 0) is 9.59 Å². The normalized spacial score (nSPS) is 13.2. The average Bonchev–Trinajstić information content (AvgIpc) is 2.49. The van der Waals surface area contributed by atoms with Gasteiger partial charge in [0.25, 0.3) is 0 Å². The number of carbonyl (C=O) groups excluding carboxylic acids is 2. The van der Waals surface area contributed by atoms with Crippen molar-refractivity contribution in [2.75, 3.05) is 6.54 Å². The van der Waals surface area contributed by atoms with E-state index in [0.29, 0.717) is 19.4 Å². The number of hydrogen-bond donors (Lipinski definition) is 2. The van der Waals surface area contributed by atoms with Crippen LogP contribution in [0.25, 0.3) is 0 Å². The van der Waals surface area contributed by atoms with E-state index in [1.165, 1.54) is 12.1 Å². The molecule has 0 fully saturated rings. The van der Waals surface area contributed by atoms with Gasteiger partial charge in [0, 0.05) is 18.4 Å². The fourth-order valence-corrected chi connectivity index (χ4v) is 2.54. The lowest BCUT2D eigenvalue weighted by Gasteiger charge is -2.27. The molecule has 0 radical (unpaired) electrons. The smallest absolute Gasteiger partial charge is 0.225 e. The Balaban J connectivity index is 2.57. The molecule has 5 heteroatoms. The molecule has 0 bridgehead atoms. The van der Waals surface area contributed by atoms with E-state index in [0.717, 1.165) is 12.0 Å². The zero-order valence-electron chi connectivity index (χ0n) is 16.9. The Labute approximate surface area is 156 Å². The molecule has 0 heterocycles. The summed E-state index contributed by atoms with van der Waals surface area (Å²) >= 11 is 0. The van der Waals surface area contributed by atoms with Gasteiger partial charge in [0.15, 0.2) is 0 Å². The number of amides is 2. The Morgan fingerprint density at radius 1 is 1.04 bits per heavy atom. The number of hydrogen-bond acceptors (Lipinski definition) is 2. The average molecular weight is 365 g/mol. The van der Waals surface area contributed by atoms with Crippen molar-refractivity contribution in [3.8, 4) is 0 Å². The molecule has 2 amide bonds. The quantitative estimate of drug-likeness (QED) is 0.706. The van der Waals surface area contributed by atoms with Gasteiger partial charge in [-0.3, -0.25) is 9.59 Å². The monoisotopic (exact) mass is 364 g/mol. The second-order valence-electron chi connectivity index (χ2n) is 9.05. The summed E-state index contributed by atoms with van der Waals surface area (Å²) in [6.45, 7) is 12.4. The first-order valence-corrected chi connectivity index (χ1v) is 9.21. The first-order chi connectivity index (χ1) is 11.9. The highest BCUT2D eigenvalue weighted by atomic mass is 19.1. The maximum Gasteiger partial charge on any atom is 0.225 e. The second-order valence-corrected chi connectivity index (χ2v) is 9.05. The predicted molar refractivity (Wildman–Crippen MR) is 103 cm³/mol. The van der Waals surface area contributed by atoms with Crippen LogP contribution in [-0.4, -0.2) is 18.4 Å². The van der Waals surface area contributed by atoms with E-state index in [2.05, 4.69) is 31.4 Å². The van der Waals surface area contributed by atoms with Crippen LogP contribution in [0.3, 0.4) is 0 Å². The maximum absolute atomic E-state index is 13.2. The van der Waals surface area contributed by atoms with E-state index in [1.54, 1.807) is 12.1 Å². The van der Waals surface area contributed by atoms with Gasteiger partial charge < -0.3 is 10.6 Å². The molecule has 0 aliphatic carbocycles. The van der Waals surface area contributed by atoms with Crippen LogP contribution >= 0.6 is 0 Å². The molecule has 146 valence electrons. The van der Waals surface area contributed by atoms with Crippen molar-refractivity contribution < 1.29 is 14.0 Å². The van der Waals surface area contributed by atoms with Gasteiger partial charge in [-0.1, -0.05) is 53.7 Å². The summed E-state index contributed by atoms with van der Waals surface area (Å²) in [7, 11) is 0. The first-order valence-electron chi connectivity index (χ1n) is 9.21. The highest BCUT2D eigenvalue weighted by molar-refractivity contribution is 5.81. The van der Waals surface area contributed by atoms with Crippen LogP contribution < -0.4 is 10.6 Å². The summed E-state index contributed by atoms with van der Waals surface area (Å²) in [6.07, 6.45) is 1.68. The summed E-state index contributed by atoms with van der Waals surface area (Å²) in [6, 6.07) is 6.11. The zero-order valence-corrected chi connectivity index (χ0v) is 16.9. The third-order valence-corrected chi connectivity index (χ3v) is 3.97. The fraction of sp³-hybridized carbons (Fsp3) is 0.619. The number of benzene rings is 1.